The monoisotopic (exact) mass is 267 g/mol. The fourth-order valence-corrected chi connectivity index (χ4v) is 1.55. The van der Waals surface area contributed by atoms with E-state index in [2.05, 4.69) is 0 Å². The number of rotatable bonds is 4. The number of para-hydroxylation sites is 1. The Kier molecular flexibility index (Phi) is 4.35. The number of hydrogen-bond donors (Lipinski definition) is 0. The number of nitriles is 1. The van der Waals surface area contributed by atoms with Crippen LogP contribution < -0.4 is 9.47 Å². The minimum Gasteiger partial charge on any atom is -0.479 e. The van der Waals surface area contributed by atoms with Crippen molar-refractivity contribution < 1.29 is 14.3 Å². The summed E-state index contributed by atoms with van der Waals surface area (Å²) in [7, 11) is 0. The summed E-state index contributed by atoms with van der Waals surface area (Å²) in [5, 5.41) is 8.68. The summed E-state index contributed by atoms with van der Waals surface area (Å²) in [5.41, 5.74) is 0.512. The molecule has 0 unspecified atom stereocenters. The zero-order valence-corrected chi connectivity index (χ0v) is 10.9. The number of carbonyl (C=O) groups excluding carboxylic acids is 1. The number of ether oxygens (including phenoxy) is 2. The fraction of sp³-hybridized carbons (Fsp3) is 0.125. The lowest BCUT2D eigenvalue weighted by molar-refractivity contribution is -0.141. The van der Waals surface area contributed by atoms with E-state index in [0.717, 1.165) is 0 Å². The molecule has 0 bridgehead atoms. The standard InChI is InChI=1S/C16H13NO3/c1-12(19-14-5-3-2-4-6-14)16(18)20-15-9-7-13(11-17)8-10-15/h2-10,12H,1H3/t12-/m0/s1. The van der Waals surface area contributed by atoms with E-state index in [1.807, 2.05) is 24.3 Å². The van der Waals surface area contributed by atoms with Gasteiger partial charge in [0.1, 0.15) is 11.5 Å². The van der Waals surface area contributed by atoms with Crippen molar-refractivity contribution in [2.24, 2.45) is 0 Å². The van der Waals surface area contributed by atoms with E-state index < -0.39 is 12.1 Å². The lowest BCUT2D eigenvalue weighted by Crippen LogP contribution is -2.28. The first-order valence-electron chi connectivity index (χ1n) is 6.12. The molecule has 0 amide bonds. The maximum absolute atomic E-state index is 11.9. The van der Waals surface area contributed by atoms with Gasteiger partial charge in [-0.3, -0.25) is 0 Å². The van der Waals surface area contributed by atoms with Crippen molar-refractivity contribution in [1.29, 1.82) is 5.26 Å². The molecule has 0 radical (unpaired) electrons. The van der Waals surface area contributed by atoms with E-state index in [-0.39, 0.29) is 0 Å². The van der Waals surface area contributed by atoms with Gasteiger partial charge in [-0.2, -0.15) is 5.26 Å². The average Bonchev–Trinajstić information content (AvgIpc) is 2.49. The smallest absolute Gasteiger partial charge is 0.352 e. The molecule has 2 aromatic carbocycles. The molecule has 0 aliphatic rings. The van der Waals surface area contributed by atoms with Crippen LogP contribution in [0, 0.1) is 11.3 Å². The predicted molar refractivity (Wildman–Crippen MR) is 73.3 cm³/mol. The molecular formula is C16H13NO3. The zero-order valence-electron chi connectivity index (χ0n) is 10.9. The van der Waals surface area contributed by atoms with Gasteiger partial charge in [0.05, 0.1) is 11.6 Å². The van der Waals surface area contributed by atoms with Crippen molar-refractivity contribution in [3.63, 3.8) is 0 Å². The molecule has 0 N–H and O–H groups in total. The molecule has 0 saturated carbocycles. The highest BCUT2D eigenvalue weighted by atomic mass is 16.6. The Balaban J connectivity index is 1.95. The van der Waals surface area contributed by atoms with Crippen LogP contribution in [0.2, 0.25) is 0 Å². The van der Waals surface area contributed by atoms with Gasteiger partial charge in [-0.1, -0.05) is 18.2 Å². The highest BCUT2D eigenvalue weighted by Crippen LogP contribution is 2.15. The molecule has 20 heavy (non-hydrogen) atoms. The van der Waals surface area contributed by atoms with E-state index in [1.54, 1.807) is 43.3 Å². The van der Waals surface area contributed by atoms with Crippen LogP contribution in [0.3, 0.4) is 0 Å². The molecule has 0 aromatic heterocycles. The first-order valence-corrected chi connectivity index (χ1v) is 6.12. The van der Waals surface area contributed by atoms with Crippen LogP contribution in [0.1, 0.15) is 12.5 Å². The van der Waals surface area contributed by atoms with Crippen molar-refractivity contribution in [3.8, 4) is 17.6 Å². The fourth-order valence-electron chi connectivity index (χ4n) is 1.55. The first kappa shape index (κ1) is 13.6. The van der Waals surface area contributed by atoms with Crippen LogP contribution in [-0.4, -0.2) is 12.1 Å². The van der Waals surface area contributed by atoms with Crippen LogP contribution >= 0.6 is 0 Å². The molecular weight excluding hydrogens is 254 g/mol. The Labute approximate surface area is 117 Å². The number of esters is 1. The Morgan fingerprint density at radius 2 is 1.70 bits per heavy atom. The molecule has 0 aliphatic carbocycles. The first-order chi connectivity index (χ1) is 9.69. The normalized spacial score (nSPS) is 11.2. The summed E-state index contributed by atoms with van der Waals surface area (Å²) in [6.07, 6.45) is -0.715. The molecule has 4 heteroatoms. The van der Waals surface area contributed by atoms with Crippen molar-refractivity contribution in [3.05, 3.63) is 60.2 Å². The molecule has 2 rings (SSSR count). The van der Waals surface area contributed by atoms with Crippen LogP contribution in [-0.2, 0) is 4.79 Å². The minimum atomic E-state index is -0.715. The van der Waals surface area contributed by atoms with Crippen LogP contribution in [0.15, 0.2) is 54.6 Å². The summed E-state index contributed by atoms with van der Waals surface area (Å²) in [5.74, 6) is 0.507. The van der Waals surface area contributed by atoms with Gasteiger partial charge in [-0.25, -0.2) is 4.79 Å². The van der Waals surface area contributed by atoms with Crippen LogP contribution in [0.4, 0.5) is 0 Å². The third kappa shape index (κ3) is 3.59. The maximum atomic E-state index is 11.9. The van der Waals surface area contributed by atoms with Gasteiger partial charge in [-0.05, 0) is 43.3 Å². The van der Waals surface area contributed by atoms with Gasteiger partial charge in [0, 0.05) is 0 Å². The topological polar surface area (TPSA) is 59.3 Å². The molecule has 2 aromatic rings. The van der Waals surface area contributed by atoms with E-state index in [1.165, 1.54) is 0 Å². The van der Waals surface area contributed by atoms with Gasteiger partial charge < -0.3 is 9.47 Å². The molecule has 0 heterocycles. The summed E-state index contributed by atoms with van der Waals surface area (Å²) in [6, 6.07) is 17.4. The highest BCUT2D eigenvalue weighted by Gasteiger charge is 2.17. The van der Waals surface area contributed by atoms with E-state index in [9.17, 15) is 4.79 Å². The van der Waals surface area contributed by atoms with E-state index in [4.69, 9.17) is 14.7 Å². The van der Waals surface area contributed by atoms with Crippen LogP contribution in [0.5, 0.6) is 11.5 Å². The summed E-state index contributed by atoms with van der Waals surface area (Å²) < 4.78 is 10.6. The van der Waals surface area contributed by atoms with Gasteiger partial charge >= 0.3 is 5.97 Å². The second-order valence-corrected chi connectivity index (χ2v) is 4.13. The largest absolute Gasteiger partial charge is 0.479 e. The Morgan fingerprint density at radius 3 is 2.30 bits per heavy atom. The highest BCUT2D eigenvalue weighted by molar-refractivity contribution is 5.77. The number of hydrogen-bond acceptors (Lipinski definition) is 4. The Bertz CT molecular complexity index is 614. The zero-order chi connectivity index (χ0) is 14.4. The van der Waals surface area contributed by atoms with E-state index in [0.29, 0.717) is 17.1 Å². The van der Waals surface area contributed by atoms with Gasteiger partial charge in [-0.15, -0.1) is 0 Å². The van der Waals surface area contributed by atoms with Gasteiger partial charge in [0.25, 0.3) is 0 Å². The molecule has 4 nitrogen and oxygen atoms in total. The number of carbonyl (C=O) groups is 1. The predicted octanol–water partition coefficient (Wildman–Crippen LogP) is 2.93. The minimum absolute atomic E-state index is 0.387. The van der Waals surface area contributed by atoms with Gasteiger partial charge in [0.2, 0.25) is 0 Å². The summed E-state index contributed by atoms with van der Waals surface area (Å²) in [4.78, 5) is 11.9. The number of nitrogens with zero attached hydrogens (tertiary/aromatic N) is 1. The quantitative estimate of drug-likeness (QED) is 0.631. The average molecular weight is 267 g/mol. The van der Waals surface area contributed by atoms with Crippen LogP contribution in [0.25, 0.3) is 0 Å². The second-order valence-electron chi connectivity index (χ2n) is 4.13. The SMILES string of the molecule is C[C@H](Oc1ccccc1)C(=O)Oc1ccc(C#N)cc1. The Hall–Kier alpha value is -2.80. The van der Waals surface area contributed by atoms with Gasteiger partial charge in [0.15, 0.2) is 6.10 Å². The van der Waals surface area contributed by atoms with Crippen molar-refractivity contribution in [2.75, 3.05) is 0 Å². The van der Waals surface area contributed by atoms with Crippen molar-refractivity contribution in [2.45, 2.75) is 13.0 Å². The molecule has 100 valence electrons. The molecule has 0 saturated heterocycles. The summed E-state index contributed by atoms with van der Waals surface area (Å²) >= 11 is 0. The summed E-state index contributed by atoms with van der Waals surface area (Å²) in [6.45, 7) is 1.62. The third-order valence-electron chi connectivity index (χ3n) is 2.59. The Morgan fingerprint density at radius 1 is 1.05 bits per heavy atom. The molecule has 1 atom stereocenters. The van der Waals surface area contributed by atoms with Crippen molar-refractivity contribution >= 4 is 5.97 Å². The lowest BCUT2D eigenvalue weighted by atomic mass is 10.2. The molecule has 0 aliphatic heterocycles. The number of benzene rings is 2. The van der Waals surface area contributed by atoms with Crippen molar-refractivity contribution in [1.82, 2.24) is 0 Å². The lowest BCUT2D eigenvalue weighted by Gasteiger charge is -2.13. The maximum Gasteiger partial charge on any atom is 0.352 e. The molecule has 0 fully saturated rings. The van der Waals surface area contributed by atoms with E-state index >= 15 is 0 Å². The third-order valence-corrected chi connectivity index (χ3v) is 2.59. The molecule has 0 spiro atoms. The second kappa shape index (κ2) is 6.39.